The Hall–Kier alpha value is -2.05. The molecule has 1 atom stereocenters. The number of halogens is 3. The number of rotatable bonds is 3. The van der Waals surface area contributed by atoms with E-state index in [9.17, 15) is 26.7 Å². The Morgan fingerprint density at radius 2 is 2.08 bits per heavy atom. The standard InChI is InChI=1S/C13H13F3N4O4S/c1-8-18-11(24-19-8)12(21)4-5-20(7-12)25(22,23)9-2-3-10(17-6-9)13(14,15)16/h2-3,6,21H,4-5,7H2,1H3/t12-/m0/s1. The van der Waals surface area contributed by atoms with E-state index in [0.717, 1.165) is 10.4 Å². The third-order valence-electron chi connectivity index (χ3n) is 3.80. The van der Waals surface area contributed by atoms with Gasteiger partial charge in [0.2, 0.25) is 10.0 Å². The van der Waals surface area contributed by atoms with E-state index < -0.39 is 32.4 Å². The van der Waals surface area contributed by atoms with Gasteiger partial charge >= 0.3 is 6.18 Å². The Morgan fingerprint density at radius 3 is 2.60 bits per heavy atom. The Kier molecular flexibility index (Phi) is 4.08. The quantitative estimate of drug-likeness (QED) is 0.851. The Morgan fingerprint density at radius 1 is 1.36 bits per heavy atom. The van der Waals surface area contributed by atoms with Crippen molar-refractivity contribution in [3.05, 3.63) is 35.7 Å². The van der Waals surface area contributed by atoms with E-state index in [2.05, 4.69) is 15.1 Å². The summed E-state index contributed by atoms with van der Waals surface area (Å²) in [5.74, 6) is 0.185. The van der Waals surface area contributed by atoms with Gasteiger partial charge in [-0.05, 0) is 19.1 Å². The lowest BCUT2D eigenvalue weighted by Crippen LogP contribution is -2.34. The van der Waals surface area contributed by atoms with Crippen LogP contribution in [0.15, 0.2) is 27.7 Å². The molecule has 1 saturated heterocycles. The third kappa shape index (κ3) is 3.24. The molecule has 0 saturated carbocycles. The molecule has 0 spiro atoms. The number of sulfonamides is 1. The minimum atomic E-state index is -4.66. The second-order valence-electron chi connectivity index (χ2n) is 5.64. The van der Waals surface area contributed by atoms with Crippen LogP contribution in [0.25, 0.3) is 0 Å². The van der Waals surface area contributed by atoms with Gasteiger partial charge in [-0.3, -0.25) is 4.98 Å². The molecule has 1 N–H and O–H groups in total. The molecular weight excluding hydrogens is 365 g/mol. The molecule has 0 aromatic carbocycles. The lowest BCUT2D eigenvalue weighted by Gasteiger charge is -2.19. The minimum Gasteiger partial charge on any atom is -0.379 e. The number of aromatic nitrogens is 3. The number of aryl methyl sites for hydroxylation is 1. The zero-order chi connectivity index (χ0) is 18.5. The molecule has 3 heterocycles. The van der Waals surface area contributed by atoms with Crippen molar-refractivity contribution in [3.63, 3.8) is 0 Å². The molecule has 12 heteroatoms. The average Bonchev–Trinajstić information content (AvgIpc) is 3.14. The Balaban J connectivity index is 1.84. The van der Waals surface area contributed by atoms with Gasteiger partial charge in [0.15, 0.2) is 11.4 Å². The fraction of sp³-hybridized carbons (Fsp3) is 0.462. The molecular formula is C13H13F3N4O4S. The van der Waals surface area contributed by atoms with Gasteiger partial charge in [-0.1, -0.05) is 5.16 Å². The van der Waals surface area contributed by atoms with Gasteiger partial charge < -0.3 is 9.63 Å². The maximum absolute atomic E-state index is 12.5. The van der Waals surface area contributed by atoms with E-state index >= 15 is 0 Å². The second kappa shape index (κ2) is 5.75. The van der Waals surface area contributed by atoms with E-state index in [-0.39, 0.29) is 31.2 Å². The van der Waals surface area contributed by atoms with Crippen LogP contribution in [-0.2, 0) is 21.8 Å². The first-order valence-electron chi connectivity index (χ1n) is 7.09. The molecule has 1 fully saturated rings. The second-order valence-corrected chi connectivity index (χ2v) is 7.58. The van der Waals surface area contributed by atoms with Gasteiger partial charge in [0.25, 0.3) is 5.89 Å². The van der Waals surface area contributed by atoms with Crippen molar-refractivity contribution in [3.8, 4) is 0 Å². The number of hydrogen-bond acceptors (Lipinski definition) is 7. The number of alkyl halides is 3. The lowest BCUT2D eigenvalue weighted by molar-refractivity contribution is -0.141. The minimum absolute atomic E-state index is 0.0158. The molecule has 2 aromatic rings. The van der Waals surface area contributed by atoms with E-state index in [4.69, 9.17) is 4.52 Å². The number of pyridine rings is 1. The summed E-state index contributed by atoms with van der Waals surface area (Å²) in [6.07, 6.45) is -4.00. The highest BCUT2D eigenvalue weighted by Crippen LogP contribution is 2.34. The fourth-order valence-corrected chi connectivity index (χ4v) is 3.91. The zero-order valence-electron chi connectivity index (χ0n) is 12.9. The van der Waals surface area contributed by atoms with Crippen LogP contribution in [0.3, 0.4) is 0 Å². The monoisotopic (exact) mass is 378 g/mol. The molecule has 0 radical (unpaired) electrons. The van der Waals surface area contributed by atoms with Gasteiger partial charge in [-0.25, -0.2) is 8.42 Å². The summed E-state index contributed by atoms with van der Waals surface area (Å²) >= 11 is 0. The van der Waals surface area contributed by atoms with Gasteiger partial charge in [-0.15, -0.1) is 0 Å². The molecule has 0 bridgehead atoms. The highest BCUT2D eigenvalue weighted by Gasteiger charge is 2.46. The molecule has 0 aliphatic carbocycles. The van der Waals surface area contributed by atoms with Gasteiger partial charge in [0.05, 0.1) is 6.54 Å². The van der Waals surface area contributed by atoms with E-state index in [1.807, 2.05) is 0 Å². The molecule has 3 rings (SSSR count). The van der Waals surface area contributed by atoms with E-state index in [1.165, 1.54) is 0 Å². The van der Waals surface area contributed by atoms with E-state index in [0.29, 0.717) is 12.3 Å². The molecule has 0 amide bonds. The molecule has 25 heavy (non-hydrogen) atoms. The average molecular weight is 378 g/mol. The summed E-state index contributed by atoms with van der Waals surface area (Å²) in [7, 11) is -4.12. The summed E-state index contributed by atoms with van der Waals surface area (Å²) in [5, 5.41) is 14.1. The fourth-order valence-electron chi connectivity index (χ4n) is 2.47. The van der Waals surface area contributed by atoms with E-state index in [1.54, 1.807) is 6.92 Å². The molecule has 2 aromatic heterocycles. The molecule has 8 nitrogen and oxygen atoms in total. The topological polar surface area (TPSA) is 109 Å². The Bertz CT molecular complexity index is 881. The predicted octanol–water partition coefficient (Wildman–Crippen LogP) is 1.07. The zero-order valence-corrected chi connectivity index (χ0v) is 13.7. The first-order valence-corrected chi connectivity index (χ1v) is 8.53. The molecule has 1 aliphatic heterocycles. The molecule has 1 aliphatic rings. The number of hydrogen-bond donors (Lipinski definition) is 1. The maximum atomic E-state index is 12.5. The van der Waals surface area contributed by atoms with Crippen LogP contribution >= 0.6 is 0 Å². The highest BCUT2D eigenvalue weighted by molar-refractivity contribution is 7.89. The van der Waals surface area contributed by atoms with Crippen LogP contribution in [0.4, 0.5) is 13.2 Å². The van der Waals surface area contributed by atoms with Gasteiger partial charge in [0, 0.05) is 19.2 Å². The smallest absolute Gasteiger partial charge is 0.379 e. The molecule has 0 unspecified atom stereocenters. The normalized spacial score (nSPS) is 22.4. The first kappa shape index (κ1) is 17.8. The van der Waals surface area contributed by atoms with Crippen molar-refractivity contribution in [2.24, 2.45) is 0 Å². The number of β-amino-alcohol motifs (C(OH)–C–C–N with tert-alkyl or cyclic N) is 1. The summed E-state index contributed by atoms with van der Waals surface area (Å²) in [6.45, 7) is 1.15. The van der Waals surface area contributed by atoms with Crippen molar-refractivity contribution < 1.29 is 31.2 Å². The molecule has 136 valence electrons. The predicted molar refractivity (Wildman–Crippen MR) is 75.5 cm³/mol. The van der Waals surface area contributed by atoms with Crippen LogP contribution < -0.4 is 0 Å². The van der Waals surface area contributed by atoms with Crippen LogP contribution in [0.2, 0.25) is 0 Å². The summed E-state index contributed by atoms with van der Waals surface area (Å²) in [4.78, 5) is 6.66. The van der Waals surface area contributed by atoms with Crippen molar-refractivity contribution >= 4 is 10.0 Å². The SMILES string of the molecule is Cc1noc([C@]2(O)CCN(S(=O)(=O)c3ccc(C(F)(F)F)nc3)C2)n1. The first-order chi connectivity index (χ1) is 11.5. The largest absolute Gasteiger partial charge is 0.433 e. The van der Waals surface area contributed by atoms with Crippen LogP contribution in [0, 0.1) is 6.92 Å². The van der Waals surface area contributed by atoms with Crippen molar-refractivity contribution in [1.29, 1.82) is 0 Å². The van der Waals surface area contributed by atoms with Crippen LogP contribution in [-0.4, -0.2) is 46.0 Å². The number of aliphatic hydroxyl groups is 1. The summed E-state index contributed by atoms with van der Waals surface area (Å²) in [6, 6.07) is 1.43. The van der Waals surface area contributed by atoms with Crippen molar-refractivity contribution in [2.45, 2.75) is 30.0 Å². The van der Waals surface area contributed by atoms with Crippen LogP contribution in [0.1, 0.15) is 23.8 Å². The Labute approximate surface area is 140 Å². The lowest BCUT2D eigenvalue weighted by atomic mass is 10.0. The van der Waals surface area contributed by atoms with Gasteiger partial charge in [-0.2, -0.15) is 22.5 Å². The highest BCUT2D eigenvalue weighted by atomic mass is 32.2. The van der Waals surface area contributed by atoms with Gasteiger partial charge in [0.1, 0.15) is 10.6 Å². The van der Waals surface area contributed by atoms with Crippen molar-refractivity contribution in [2.75, 3.05) is 13.1 Å². The maximum Gasteiger partial charge on any atom is 0.433 e. The third-order valence-corrected chi connectivity index (χ3v) is 5.63. The van der Waals surface area contributed by atoms with Crippen LogP contribution in [0.5, 0.6) is 0 Å². The number of nitrogens with zero attached hydrogens (tertiary/aromatic N) is 4. The summed E-state index contributed by atoms with van der Waals surface area (Å²) in [5.41, 5.74) is -2.83. The summed E-state index contributed by atoms with van der Waals surface area (Å²) < 4.78 is 68.5. The van der Waals surface area contributed by atoms with Crippen molar-refractivity contribution in [1.82, 2.24) is 19.4 Å².